The third kappa shape index (κ3) is 8.28. The number of ether oxygens (including phenoxy) is 1. The molecule has 0 bridgehead atoms. The molecule has 1 atom stereocenters. The lowest BCUT2D eigenvalue weighted by molar-refractivity contribution is -0.142. The molecule has 5 nitrogen and oxygen atoms in total. The van der Waals surface area contributed by atoms with E-state index in [4.69, 9.17) is 27.9 Å². The average Bonchev–Trinajstić information content (AvgIpc) is 2.86. The molecule has 0 radical (unpaired) electrons. The Morgan fingerprint density at radius 2 is 1.78 bits per heavy atom. The van der Waals surface area contributed by atoms with E-state index in [-0.39, 0.29) is 25.0 Å². The van der Waals surface area contributed by atoms with Gasteiger partial charge in [0.2, 0.25) is 5.91 Å². The first-order valence-electron chi connectivity index (χ1n) is 12.1. The van der Waals surface area contributed by atoms with Crippen LogP contribution in [0, 0.1) is 6.92 Å². The van der Waals surface area contributed by atoms with E-state index in [0.29, 0.717) is 34.3 Å². The Balaban J connectivity index is 1.91. The van der Waals surface area contributed by atoms with Crippen LogP contribution in [0.25, 0.3) is 0 Å². The Bertz CT molecular complexity index is 1150. The highest BCUT2D eigenvalue weighted by Gasteiger charge is 2.31. The third-order valence-electron chi connectivity index (χ3n) is 5.81. The fraction of sp³-hybridized carbons (Fsp3) is 0.310. The van der Waals surface area contributed by atoms with Crippen molar-refractivity contribution in [3.63, 3.8) is 0 Å². The van der Waals surface area contributed by atoms with Gasteiger partial charge in [0.15, 0.2) is 6.61 Å². The number of carbonyl (C=O) groups is 2. The molecule has 0 saturated carbocycles. The van der Waals surface area contributed by atoms with Gasteiger partial charge in [-0.1, -0.05) is 85.1 Å². The van der Waals surface area contributed by atoms with Gasteiger partial charge in [0, 0.05) is 29.6 Å². The van der Waals surface area contributed by atoms with Gasteiger partial charge in [-0.05, 0) is 54.3 Å². The molecule has 3 rings (SSSR count). The lowest BCUT2D eigenvalue weighted by Gasteiger charge is -2.31. The predicted octanol–water partition coefficient (Wildman–Crippen LogP) is 6.24. The summed E-state index contributed by atoms with van der Waals surface area (Å²) in [7, 11) is 0. The monoisotopic (exact) mass is 526 g/mol. The van der Waals surface area contributed by atoms with Crippen molar-refractivity contribution in [2.75, 3.05) is 13.2 Å². The molecule has 0 aromatic heterocycles. The minimum Gasteiger partial charge on any atom is -0.484 e. The molecule has 0 spiro atoms. The van der Waals surface area contributed by atoms with Gasteiger partial charge in [0.05, 0.1) is 0 Å². The van der Waals surface area contributed by atoms with Crippen LogP contribution in [-0.4, -0.2) is 35.9 Å². The van der Waals surface area contributed by atoms with Gasteiger partial charge >= 0.3 is 0 Å². The number of benzene rings is 3. The van der Waals surface area contributed by atoms with Crippen LogP contribution in [-0.2, 0) is 22.6 Å². The molecule has 1 N–H and O–H groups in total. The summed E-state index contributed by atoms with van der Waals surface area (Å²) in [6.45, 7) is 4.51. The molecule has 7 heteroatoms. The molecule has 3 aromatic rings. The minimum absolute atomic E-state index is 0.144. The number of hydrogen-bond acceptors (Lipinski definition) is 3. The maximum Gasteiger partial charge on any atom is 0.261 e. The van der Waals surface area contributed by atoms with Crippen molar-refractivity contribution in [1.82, 2.24) is 10.2 Å². The van der Waals surface area contributed by atoms with Crippen molar-refractivity contribution in [2.24, 2.45) is 0 Å². The van der Waals surface area contributed by atoms with E-state index in [1.54, 1.807) is 29.2 Å². The molecule has 0 aliphatic carbocycles. The predicted molar refractivity (Wildman–Crippen MR) is 146 cm³/mol. The Labute approximate surface area is 223 Å². The zero-order chi connectivity index (χ0) is 25.9. The number of nitrogens with one attached hydrogen (secondary N) is 1. The number of aryl methyl sites for hydroxylation is 1. The maximum atomic E-state index is 13.6. The van der Waals surface area contributed by atoms with E-state index in [0.717, 1.165) is 24.0 Å². The highest BCUT2D eigenvalue weighted by atomic mass is 35.5. The number of amides is 2. The number of unbranched alkanes of at least 4 members (excludes halogenated alkanes) is 1. The lowest BCUT2D eigenvalue weighted by atomic mass is 10.0. The summed E-state index contributed by atoms with van der Waals surface area (Å²) < 4.78 is 5.82. The molecule has 2 amide bonds. The molecule has 0 saturated heterocycles. The Morgan fingerprint density at radius 3 is 2.47 bits per heavy atom. The summed E-state index contributed by atoms with van der Waals surface area (Å²) in [6.07, 6.45) is 2.18. The molecule has 0 heterocycles. The molecule has 0 aliphatic heterocycles. The summed E-state index contributed by atoms with van der Waals surface area (Å²) in [6, 6.07) is 21.6. The Hall–Kier alpha value is -3.02. The van der Waals surface area contributed by atoms with Gasteiger partial charge in [-0.25, -0.2) is 0 Å². The number of hydrogen-bond donors (Lipinski definition) is 1. The Kier molecular flexibility index (Phi) is 10.6. The third-order valence-corrected chi connectivity index (χ3v) is 6.40. The van der Waals surface area contributed by atoms with Crippen molar-refractivity contribution in [3.8, 4) is 5.75 Å². The van der Waals surface area contributed by atoms with Crippen molar-refractivity contribution in [2.45, 2.75) is 45.7 Å². The topological polar surface area (TPSA) is 58.6 Å². The molecule has 0 aliphatic rings. The van der Waals surface area contributed by atoms with Crippen LogP contribution >= 0.6 is 23.2 Å². The van der Waals surface area contributed by atoms with E-state index in [1.165, 1.54) is 0 Å². The average molecular weight is 527 g/mol. The number of nitrogens with zero attached hydrogens (tertiary/aromatic N) is 1. The molecular formula is C29H32Cl2N2O3. The zero-order valence-corrected chi connectivity index (χ0v) is 22.2. The first-order valence-corrected chi connectivity index (χ1v) is 12.9. The molecule has 0 fully saturated rings. The van der Waals surface area contributed by atoms with Crippen LogP contribution in [0.2, 0.25) is 10.0 Å². The molecule has 36 heavy (non-hydrogen) atoms. The van der Waals surface area contributed by atoms with Crippen molar-refractivity contribution in [3.05, 3.63) is 99.5 Å². The molecule has 190 valence electrons. The van der Waals surface area contributed by atoms with E-state index >= 15 is 0 Å². The smallest absolute Gasteiger partial charge is 0.261 e. The fourth-order valence-electron chi connectivity index (χ4n) is 3.83. The second-order valence-electron chi connectivity index (χ2n) is 8.71. The summed E-state index contributed by atoms with van der Waals surface area (Å²) >= 11 is 12.5. The van der Waals surface area contributed by atoms with E-state index in [2.05, 4.69) is 12.2 Å². The second kappa shape index (κ2) is 13.9. The summed E-state index contributed by atoms with van der Waals surface area (Å²) in [4.78, 5) is 28.6. The van der Waals surface area contributed by atoms with E-state index < -0.39 is 6.04 Å². The van der Waals surface area contributed by atoms with Crippen LogP contribution in [0.5, 0.6) is 5.75 Å². The molecule has 3 aromatic carbocycles. The van der Waals surface area contributed by atoms with Gasteiger partial charge in [-0.2, -0.15) is 0 Å². The van der Waals surface area contributed by atoms with Crippen LogP contribution in [0.4, 0.5) is 0 Å². The van der Waals surface area contributed by atoms with Gasteiger partial charge < -0.3 is 15.0 Å². The van der Waals surface area contributed by atoms with Gasteiger partial charge in [0.1, 0.15) is 11.8 Å². The van der Waals surface area contributed by atoms with Gasteiger partial charge in [-0.3, -0.25) is 9.59 Å². The SMILES string of the molecule is CCCCNC(=O)C(Cc1ccccc1)N(Cc1ccc(Cl)cc1Cl)C(=O)COc1cccc(C)c1. The van der Waals surface area contributed by atoms with Crippen LogP contribution < -0.4 is 10.1 Å². The van der Waals surface area contributed by atoms with Crippen molar-refractivity contribution < 1.29 is 14.3 Å². The quantitative estimate of drug-likeness (QED) is 0.284. The Morgan fingerprint density at radius 1 is 1.00 bits per heavy atom. The number of halogens is 2. The van der Waals surface area contributed by atoms with Crippen molar-refractivity contribution in [1.29, 1.82) is 0 Å². The van der Waals surface area contributed by atoms with Crippen LogP contribution in [0.3, 0.4) is 0 Å². The van der Waals surface area contributed by atoms with E-state index in [1.807, 2.05) is 55.5 Å². The maximum absolute atomic E-state index is 13.6. The first-order chi connectivity index (χ1) is 17.4. The number of rotatable bonds is 12. The standard InChI is InChI=1S/C29H32Cl2N2O3/c1-3-4-15-32-29(35)27(17-22-10-6-5-7-11-22)33(19-23-13-14-24(30)18-26(23)31)28(34)20-36-25-12-8-9-21(2)16-25/h5-14,16,18,27H,3-4,15,17,19-20H2,1-2H3,(H,32,35). The lowest BCUT2D eigenvalue weighted by Crippen LogP contribution is -2.51. The summed E-state index contributed by atoms with van der Waals surface area (Å²) in [5.41, 5.74) is 2.68. The van der Waals surface area contributed by atoms with Gasteiger partial charge in [-0.15, -0.1) is 0 Å². The van der Waals surface area contributed by atoms with Crippen LogP contribution in [0.1, 0.15) is 36.5 Å². The molecular weight excluding hydrogens is 495 g/mol. The highest BCUT2D eigenvalue weighted by molar-refractivity contribution is 6.35. The summed E-state index contributed by atoms with van der Waals surface area (Å²) in [5, 5.41) is 3.94. The summed E-state index contributed by atoms with van der Waals surface area (Å²) in [5.74, 6) is 0.0789. The first kappa shape index (κ1) is 27.6. The fourth-order valence-corrected chi connectivity index (χ4v) is 4.29. The van der Waals surface area contributed by atoms with Gasteiger partial charge in [0.25, 0.3) is 5.91 Å². The van der Waals surface area contributed by atoms with E-state index in [9.17, 15) is 9.59 Å². The normalized spacial score (nSPS) is 11.6. The van der Waals surface area contributed by atoms with Crippen molar-refractivity contribution >= 4 is 35.0 Å². The minimum atomic E-state index is -0.746. The number of carbonyl (C=O) groups excluding carboxylic acids is 2. The zero-order valence-electron chi connectivity index (χ0n) is 20.7. The van der Waals surface area contributed by atoms with Crippen LogP contribution in [0.15, 0.2) is 72.8 Å². The highest BCUT2D eigenvalue weighted by Crippen LogP contribution is 2.24. The second-order valence-corrected chi connectivity index (χ2v) is 9.56. The molecule has 1 unspecified atom stereocenters. The largest absolute Gasteiger partial charge is 0.484 e.